The van der Waals surface area contributed by atoms with Gasteiger partial charge in [-0.15, -0.1) is 0 Å². The number of ether oxygens (including phenoxy) is 3. The first kappa shape index (κ1) is 20.8. The number of thioether (sulfide) groups is 1. The Labute approximate surface area is 176 Å². The molecule has 2 aromatic carbocycles. The Bertz CT molecular complexity index is 1010. The minimum absolute atomic E-state index is 0.250. The quantitative estimate of drug-likeness (QED) is 0.500. The lowest BCUT2D eigenvalue weighted by atomic mass is 10.2. The molecule has 1 aliphatic heterocycles. The topological polar surface area (TPSA) is 82.1 Å². The van der Waals surface area contributed by atoms with Crippen LogP contribution in [0.5, 0.6) is 11.5 Å². The molecule has 9 heteroatoms. The molecule has 3 rings (SSSR count). The van der Waals surface area contributed by atoms with E-state index in [1.807, 2.05) is 0 Å². The van der Waals surface area contributed by atoms with Gasteiger partial charge < -0.3 is 14.2 Å². The molecule has 1 aliphatic rings. The van der Waals surface area contributed by atoms with E-state index in [1.54, 1.807) is 48.5 Å². The summed E-state index contributed by atoms with van der Waals surface area (Å²) in [6.07, 6.45) is 1.58. The highest BCUT2D eigenvalue weighted by Gasteiger charge is 2.37. The fourth-order valence-electron chi connectivity index (χ4n) is 2.55. The standard InChI is InChI=1S/C20H16ClNO6S/c1-26-16-9-12(7-8-15(16)28-11-18(23)27-2)10-17-19(24)22(20(25)29-17)14-6-4-3-5-13(14)21/h3-10H,11H2,1-2H3/b17-10-. The van der Waals surface area contributed by atoms with E-state index in [1.165, 1.54) is 14.2 Å². The first-order valence-corrected chi connectivity index (χ1v) is 9.54. The van der Waals surface area contributed by atoms with Crippen molar-refractivity contribution in [2.24, 2.45) is 0 Å². The Morgan fingerprint density at radius 2 is 1.90 bits per heavy atom. The van der Waals surface area contributed by atoms with Crippen LogP contribution in [0.15, 0.2) is 47.4 Å². The number of anilines is 1. The average Bonchev–Trinajstić information content (AvgIpc) is 3.00. The third kappa shape index (κ3) is 4.55. The van der Waals surface area contributed by atoms with Crippen LogP contribution < -0.4 is 14.4 Å². The van der Waals surface area contributed by atoms with Gasteiger partial charge in [-0.2, -0.15) is 0 Å². The number of halogens is 1. The third-order valence-electron chi connectivity index (χ3n) is 3.95. The number of hydrogen-bond donors (Lipinski definition) is 0. The van der Waals surface area contributed by atoms with Crippen LogP contribution in [0.1, 0.15) is 5.56 Å². The molecule has 0 unspecified atom stereocenters. The van der Waals surface area contributed by atoms with Gasteiger partial charge in [-0.1, -0.05) is 29.8 Å². The molecule has 0 spiro atoms. The predicted octanol–water partition coefficient (Wildman–Crippen LogP) is 4.14. The van der Waals surface area contributed by atoms with Gasteiger partial charge in [0.2, 0.25) is 0 Å². The van der Waals surface area contributed by atoms with E-state index >= 15 is 0 Å². The van der Waals surface area contributed by atoms with Gasteiger partial charge >= 0.3 is 5.97 Å². The van der Waals surface area contributed by atoms with Gasteiger partial charge in [0.1, 0.15) is 0 Å². The number of hydrogen-bond acceptors (Lipinski definition) is 7. The molecule has 1 heterocycles. The molecule has 0 N–H and O–H groups in total. The summed E-state index contributed by atoms with van der Waals surface area (Å²) in [6.45, 7) is -0.261. The smallest absolute Gasteiger partial charge is 0.343 e. The van der Waals surface area contributed by atoms with Crippen molar-refractivity contribution >= 4 is 52.2 Å². The number of carbonyl (C=O) groups excluding carboxylic acids is 3. The molecule has 150 valence electrons. The van der Waals surface area contributed by atoms with Gasteiger partial charge in [0.15, 0.2) is 18.1 Å². The van der Waals surface area contributed by atoms with Crippen molar-refractivity contribution in [2.45, 2.75) is 0 Å². The van der Waals surface area contributed by atoms with E-state index in [9.17, 15) is 14.4 Å². The maximum absolute atomic E-state index is 12.8. The van der Waals surface area contributed by atoms with Gasteiger partial charge in [-0.05, 0) is 47.7 Å². The Kier molecular flexibility index (Phi) is 6.46. The molecule has 0 aliphatic carbocycles. The summed E-state index contributed by atoms with van der Waals surface area (Å²) in [4.78, 5) is 37.7. The van der Waals surface area contributed by atoms with Crippen LogP contribution in [0, 0.1) is 0 Å². The lowest BCUT2D eigenvalue weighted by Gasteiger charge is -2.13. The molecule has 29 heavy (non-hydrogen) atoms. The molecule has 0 atom stereocenters. The van der Waals surface area contributed by atoms with Crippen molar-refractivity contribution in [3.63, 3.8) is 0 Å². The molecule has 0 bridgehead atoms. The Morgan fingerprint density at radius 3 is 2.59 bits per heavy atom. The molecular formula is C20H16ClNO6S. The number of nitrogens with zero attached hydrogens (tertiary/aromatic N) is 1. The Morgan fingerprint density at radius 1 is 1.14 bits per heavy atom. The van der Waals surface area contributed by atoms with Crippen molar-refractivity contribution in [3.05, 3.63) is 58.0 Å². The highest BCUT2D eigenvalue weighted by Crippen LogP contribution is 2.39. The van der Waals surface area contributed by atoms with Crippen LogP contribution in [0.2, 0.25) is 5.02 Å². The minimum Gasteiger partial charge on any atom is -0.493 e. The highest BCUT2D eigenvalue weighted by molar-refractivity contribution is 8.19. The van der Waals surface area contributed by atoms with Gasteiger partial charge in [-0.3, -0.25) is 9.59 Å². The SMILES string of the molecule is COC(=O)COc1ccc(/C=C2\SC(=O)N(c3ccccc3Cl)C2=O)cc1OC. The van der Waals surface area contributed by atoms with Gasteiger partial charge in [0.25, 0.3) is 11.1 Å². The normalized spacial score (nSPS) is 15.0. The van der Waals surface area contributed by atoms with E-state index in [2.05, 4.69) is 4.74 Å². The van der Waals surface area contributed by atoms with Crippen LogP contribution in [-0.4, -0.2) is 37.9 Å². The van der Waals surface area contributed by atoms with E-state index in [4.69, 9.17) is 21.1 Å². The van der Waals surface area contributed by atoms with Crippen LogP contribution in [0.25, 0.3) is 6.08 Å². The molecule has 2 aromatic rings. The average molecular weight is 434 g/mol. The highest BCUT2D eigenvalue weighted by atomic mass is 35.5. The fourth-order valence-corrected chi connectivity index (χ4v) is 3.60. The van der Waals surface area contributed by atoms with E-state index in [0.29, 0.717) is 27.8 Å². The third-order valence-corrected chi connectivity index (χ3v) is 5.13. The van der Waals surface area contributed by atoms with Crippen LogP contribution in [0.3, 0.4) is 0 Å². The largest absolute Gasteiger partial charge is 0.493 e. The van der Waals surface area contributed by atoms with Crippen molar-refractivity contribution < 1.29 is 28.6 Å². The summed E-state index contributed by atoms with van der Waals surface area (Å²) >= 11 is 6.95. The number of rotatable bonds is 6. The summed E-state index contributed by atoms with van der Waals surface area (Å²) in [5.74, 6) is -0.269. The second kappa shape index (κ2) is 9.02. The molecule has 1 saturated heterocycles. The number of imide groups is 1. The van der Waals surface area contributed by atoms with Crippen LogP contribution in [0.4, 0.5) is 10.5 Å². The summed E-state index contributed by atoms with van der Waals surface area (Å²) in [5, 5.41) is -0.121. The molecule has 2 amide bonds. The summed E-state index contributed by atoms with van der Waals surface area (Å²) < 4.78 is 15.2. The first-order valence-electron chi connectivity index (χ1n) is 8.34. The number of benzene rings is 2. The van der Waals surface area contributed by atoms with E-state index in [0.717, 1.165) is 16.7 Å². The monoisotopic (exact) mass is 433 g/mol. The van der Waals surface area contributed by atoms with Crippen molar-refractivity contribution in [1.82, 2.24) is 0 Å². The zero-order valence-electron chi connectivity index (χ0n) is 15.5. The van der Waals surface area contributed by atoms with Crippen LogP contribution in [-0.2, 0) is 14.3 Å². The van der Waals surface area contributed by atoms with Crippen LogP contribution >= 0.6 is 23.4 Å². The van der Waals surface area contributed by atoms with E-state index in [-0.39, 0.29) is 11.5 Å². The molecule has 0 aromatic heterocycles. The molecule has 7 nitrogen and oxygen atoms in total. The molecule has 0 radical (unpaired) electrons. The van der Waals surface area contributed by atoms with Gasteiger partial charge in [0, 0.05) is 0 Å². The number of para-hydroxylation sites is 1. The predicted molar refractivity (Wildman–Crippen MR) is 110 cm³/mol. The summed E-state index contributed by atoms with van der Waals surface area (Å²) in [7, 11) is 2.72. The Hall–Kier alpha value is -2.97. The zero-order chi connectivity index (χ0) is 21.0. The minimum atomic E-state index is -0.524. The first-order chi connectivity index (χ1) is 13.9. The maximum atomic E-state index is 12.8. The number of amides is 2. The van der Waals surface area contributed by atoms with Gasteiger partial charge in [0.05, 0.1) is 29.8 Å². The Balaban J connectivity index is 1.85. The van der Waals surface area contributed by atoms with Crippen molar-refractivity contribution in [1.29, 1.82) is 0 Å². The second-order valence-electron chi connectivity index (χ2n) is 5.74. The second-order valence-corrected chi connectivity index (χ2v) is 7.14. The maximum Gasteiger partial charge on any atom is 0.343 e. The zero-order valence-corrected chi connectivity index (χ0v) is 17.1. The number of carbonyl (C=O) groups is 3. The van der Waals surface area contributed by atoms with Gasteiger partial charge in [-0.25, -0.2) is 9.69 Å². The summed E-state index contributed by atoms with van der Waals surface area (Å²) in [5.41, 5.74) is 0.959. The number of esters is 1. The molecule has 1 fully saturated rings. The number of methoxy groups -OCH3 is 2. The molecule has 0 saturated carbocycles. The van der Waals surface area contributed by atoms with Crippen molar-refractivity contribution in [3.8, 4) is 11.5 Å². The molecular weight excluding hydrogens is 418 g/mol. The lowest BCUT2D eigenvalue weighted by molar-refractivity contribution is -0.142. The fraction of sp³-hybridized carbons (Fsp3) is 0.150. The van der Waals surface area contributed by atoms with E-state index < -0.39 is 17.1 Å². The van der Waals surface area contributed by atoms with Crippen molar-refractivity contribution in [2.75, 3.05) is 25.7 Å². The lowest BCUT2D eigenvalue weighted by Crippen LogP contribution is -2.27. The summed E-state index contributed by atoms with van der Waals surface area (Å²) in [6, 6.07) is 11.6.